The largest absolute Gasteiger partial charge is 0.281 e. The monoisotopic (exact) mass is 328 g/mol. The first-order valence-electron chi connectivity index (χ1n) is 9.35. The molecular formula is C20H37ClO. The number of halogens is 1. The van der Waals surface area contributed by atoms with E-state index in [1.165, 1.54) is 70.6 Å². The van der Waals surface area contributed by atoms with Crippen molar-refractivity contribution in [3.63, 3.8) is 0 Å². The smallest absolute Gasteiger partial charge is 0.227 e. The lowest BCUT2D eigenvalue weighted by atomic mass is 9.88. The Bertz CT molecular complexity index is 294. The number of hydrogen-bond donors (Lipinski definition) is 0. The van der Waals surface area contributed by atoms with E-state index in [0.29, 0.717) is 0 Å². The van der Waals surface area contributed by atoms with Crippen molar-refractivity contribution in [2.24, 2.45) is 5.41 Å². The molecule has 0 saturated carbocycles. The van der Waals surface area contributed by atoms with Crippen LogP contribution in [0.4, 0.5) is 0 Å². The molecule has 0 fully saturated rings. The van der Waals surface area contributed by atoms with E-state index in [1.807, 2.05) is 13.8 Å². The minimum atomic E-state index is -0.349. The van der Waals surface area contributed by atoms with E-state index < -0.39 is 0 Å². The molecule has 0 radical (unpaired) electrons. The van der Waals surface area contributed by atoms with Crippen LogP contribution in [0.1, 0.15) is 104 Å². The number of unbranched alkanes of at least 4 members (excludes halogenated alkanes) is 10. The van der Waals surface area contributed by atoms with Gasteiger partial charge in [-0.1, -0.05) is 84.3 Å². The molecule has 0 spiro atoms. The number of hydrogen-bond acceptors (Lipinski definition) is 1. The number of carbonyl (C=O) groups excluding carboxylic acids is 1. The highest BCUT2D eigenvalue weighted by Gasteiger charge is 2.24. The maximum absolute atomic E-state index is 11.2. The lowest BCUT2D eigenvalue weighted by Gasteiger charge is -2.18. The molecule has 0 aliphatic heterocycles. The van der Waals surface area contributed by atoms with Crippen LogP contribution in [0.2, 0.25) is 0 Å². The normalized spacial score (nSPS) is 12.2. The fourth-order valence-corrected chi connectivity index (χ4v) is 2.65. The van der Waals surface area contributed by atoms with Crippen molar-refractivity contribution >= 4 is 16.8 Å². The fraction of sp³-hybridized carbons (Fsp3) is 0.850. The molecule has 0 bridgehead atoms. The van der Waals surface area contributed by atoms with Crippen LogP contribution >= 0.6 is 11.6 Å². The van der Waals surface area contributed by atoms with E-state index in [4.69, 9.17) is 11.6 Å². The Morgan fingerprint density at radius 3 is 1.77 bits per heavy atom. The molecule has 0 aromatic carbocycles. The molecule has 0 N–H and O–H groups in total. The molecule has 1 nitrogen and oxygen atoms in total. The summed E-state index contributed by atoms with van der Waals surface area (Å²) in [5.74, 6) is 0. The lowest BCUT2D eigenvalue weighted by Crippen LogP contribution is -2.18. The molecule has 0 amide bonds. The molecule has 0 aromatic rings. The van der Waals surface area contributed by atoms with Crippen molar-refractivity contribution in [3.05, 3.63) is 12.2 Å². The molecule has 2 heteroatoms. The second-order valence-corrected chi connectivity index (χ2v) is 7.48. The summed E-state index contributed by atoms with van der Waals surface area (Å²) >= 11 is 5.58. The van der Waals surface area contributed by atoms with Crippen molar-refractivity contribution in [2.45, 2.75) is 104 Å². The molecule has 0 aromatic heterocycles. The van der Waals surface area contributed by atoms with Gasteiger partial charge in [0.15, 0.2) is 0 Å². The quantitative estimate of drug-likeness (QED) is 0.173. The zero-order chi connectivity index (χ0) is 16.7. The van der Waals surface area contributed by atoms with E-state index in [2.05, 4.69) is 19.1 Å². The third-order valence-corrected chi connectivity index (χ3v) is 4.86. The van der Waals surface area contributed by atoms with Gasteiger partial charge in [0.2, 0.25) is 5.24 Å². The minimum Gasteiger partial charge on any atom is -0.281 e. The predicted molar refractivity (Wildman–Crippen MR) is 99.5 cm³/mol. The third-order valence-electron chi connectivity index (χ3n) is 4.35. The maximum atomic E-state index is 11.2. The highest BCUT2D eigenvalue weighted by Crippen LogP contribution is 2.26. The number of allylic oxidation sites excluding steroid dienone is 2. The number of rotatable bonds is 15. The molecular weight excluding hydrogens is 292 g/mol. The van der Waals surface area contributed by atoms with Crippen molar-refractivity contribution < 1.29 is 4.79 Å². The van der Waals surface area contributed by atoms with Crippen LogP contribution < -0.4 is 0 Å². The van der Waals surface area contributed by atoms with Gasteiger partial charge < -0.3 is 0 Å². The molecule has 0 atom stereocenters. The zero-order valence-electron chi connectivity index (χ0n) is 15.1. The average Bonchev–Trinajstić information content (AvgIpc) is 2.47. The van der Waals surface area contributed by atoms with Crippen LogP contribution in [0.3, 0.4) is 0 Å². The summed E-state index contributed by atoms with van der Waals surface area (Å²) in [7, 11) is 0. The molecule has 130 valence electrons. The Morgan fingerprint density at radius 1 is 0.818 bits per heavy atom. The van der Waals surface area contributed by atoms with Gasteiger partial charge >= 0.3 is 0 Å². The highest BCUT2D eigenvalue weighted by atomic mass is 35.5. The summed E-state index contributed by atoms with van der Waals surface area (Å²) in [6.07, 6.45) is 21.2. The van der Waals surface area contributed by atoms with E-state index in [-0.39, 0.29) is 10.7 Å². The van der Waals surface area contributed by atoms with Crippen LogP contribution in [-0.2, 0) is 4.79 Å². The Hall–Kier alpha value is -0.300. The Labute approximate surface area is 143 Å². The van der Waals surface area contributed by atoms with Crippen LogP contribution in [-0.4, -0.2) is 5.24 Å². The Balaban J connectivity index is 3.29. The molecule has 0 unspecified atom stereocenters. The first-order chi connectivity index (χ1) is 10.5. The van der Waals surface area contributed by atoms with Gasteiger partial charge in [-0.3, -0.25) is 4.79 Å². The molecule has 0 saturated heterocycles. The second-order valence-electron chi connectivity index (χ2n) is 7.14. The summed E-state index contributed by atoms with van der Waals surface area (Å²) < 4.78 is 0. The summed E-state index contributed by atoms with van der Waals surface area (Å²) in [4.78, 5) is 11.2. The first kappa shape index (κ1) is 21.7. The minimum absolute atomic E-state index is 0.204. The van der Waals surface area contributed by atoms with Gasteiger partial charge in [-0.2, -0.15) is 0 Å². The molecule has 22 heavy (non-hydrogen) atoms. The highest BCUT2D eigenvalue weighted by molar-refractivity contribution is 6.64. The molecule has 0 aliphatic carbocycles. The second kappa shape index (κ2) is 14.3. The van der Waals surface area contributed by atoms with E-state index in [0.717, 1.165) is 12.8 Å². The van der Waals surface area contributed by atoms with Crippen LogP contribution in [0.25, 0.3) is 0 Å². The Kier molecular flexibility index (Phi) is 14.1. The van der Waals surface area contributed by atoms with Crippen LogP contribution in [0.5, 0.6) is 0 Å². The fourth-order valence-electron chi connectivity index (χ4n) is 2.56. The van der Waals surface area contributed by atoms with Gasteiger partial charge in [-0.05, 0) is 43.7 Å². The predicted octanol–water partition coefficient (Wildman–Crippen LogP) is 7.43. The van der Waals surface area contributed by atoms with Gasteiger partial charge in [-0.25, -0.2) is 0 Å². The van der Waals surface area contributed by atoms with Crippen molar-refractivity contribution in [2.75, 3.05) is 0 Å². The summed E-state index contributed by atoms with van der Waals surface area (Å²) in [5, 5.41) is -0.204. The first-order valence-corrected chi connectivity index (χ1v) is 9.73. The zero-order valence-corrected chi connectivity index (χ0v) is 15.9. The summed E-state index contributed by atoms with van der Waals surface area (Å²) in [5.41, 5.74) is -0.349. The average molecular weight is 329 g/mol. The third kappa shape index (κ3) is 13.4. The van der Waals surface area contributed by atoms with Gasteiger partial charge in [-0.15, -0.1) is 0 Å². The van der Waals surface area contributed by atoms with E-state index in [1.54, 1.807) is 0 Å². The molecule has 0 aliphatic rings. The lowest BCUT2D eigenvalue weighted by molar-refractivity contribution is -0.119. The van der Waals surface area contributed by atoms with Gasteiger partial charge in [0.1, 0.15) is 0 Å². The summed E-state index contributed by atoms with van der Waals surface area (Å²) in [6, 6.07) is 0. The van der Waals surface area contributed by atoms with Crippen molar-refractivity contribution in [1.29, 1.82) is 0 Å². The molecule has 0 rings (SSSR count). The van der Waals surface area contributed by atoms with Gasteiger partial charge in [0.05, 0.1) is 0 Å². The van der Waals surface area contributed by atoms with E-state index >= 15 is 0 Å². The number of carbonyl (C=O) groups is 1. The van der Waals surface area contributed by atoms with Gasteiger partial charge in [0.25, 0.3) is 0 Å². The van der Waals surface area contributed by atoms with Crippen LogP contribution in [0.15, 0.2) is 12.2 Å². The standard InChI is InChI=1S/C20H37ClO/c1-4-5-6-7-8-9-10-11-12-13-14-15-16-17-18-20(2,3)19(21)22/h11-12H,4-10,13-18H2,1-3H3/b12-11-. The van der Waals surface area contributed by atoms with Crippen LogP contribution in [0, 0.1) is 5.41 Å². The summed E-state index contributed by atoms with van der Waals surface area (Å²) in [6.45, 7) is 6.14. The topological polar surface area (TPSA) is 17.1 Å². The van der Waals surface area contributed by atoms with E-state index in [9.17, 15) is 4.79 Å². The Morgan fingerprint density at radius 2 is 1.27 bits per heavy atom. The SMILES string of the molecule is CCCCCCCC/C=C\CCCCCCC(C)(C)C(=O)Cl. The van der Waals surface area contributed by atoms with Crippen molar-refractivity contribution in [3.8, 4) is 0 Å². The van der Waals surface area contributed by atoms with Crippen molar-refractivity contribution in [1.82, 2.24) is 0 Å². The maximum Gasteiger partial charge on any atom is 0.227 e. The van der Waals surface area contributed by atoms with Gasteiger partial charge in [0, 0.05) is 5.41 Å². The molecule has 0 heterocycles.